The molecule has 0 radical (unpaired) electrons. The molecular formula is C13H25Cl2F3N4O. The van der Waals surface area contributed by atoms with Gasteiger partial charge < -0.3 is 16.4 Å². The fourth-order valence-corrected chi connectivity index (χ4v) is 3.09. The molecule has 4 N–H and O–H groups in total. The van der Waals surface area contributed by atoms with Crippen molar-refractivity contribution in [2.45, 2.75) is 37.5 Å². The van der Waals surface area contributed by atoms with Gasteiger partial charge in [0.1, 0.15) is 6.04 Å². The van der Waals surface area contributed by atoms with Crippen LogP contribution in [0.2, 0.25) is 0 Å². The SMILES string of the molecule is Cl.Cl.NC1CCCC1C(=O)NCC(N1CCNCC1)C(F)(F)F. The van der Waals surface area contributed by atoms with Gasteiger partial charge in [0, 0.05) is 38.8 Å². The van der Waals surface area contributed by atoms with Crippen molar-refractivity contribution >= 4 is 30.7 Å². The van der Waals surface area contributed by atoms with E-state index in [1.807, 2.05) is 0 Å². The molecule has 138 valence electrons. The number of carbonyl (C=O) groups is 1. The van der Waals surface area contributed by atoms with Crippen molar-refractivity contribution in [2.24, 2.45) is 11.7 Å². The van der Waals surface area contributed by atoms with E-state index in [1.165, 1.54) is 4.90 Å². The Kier molecular flexibility index (Phi) is 9.76. The molecule has 5 nitrogen and oxygen atoms in total. The molecule has 1 aliphatic carbocycles. The minimum Gasteiger partial charge on any atom is -0.354 e. The molecule has 1 aliphatic heterocycles. The Bertz CT molecular complexity index is 368. The number of hydrogen-bond acceptors (Lipinski definition) is 4. The smallest absolute Gasteiger partial charge is 0.354 e. The van der Waals surface area contributed by atoms with Gasteiger partial charge in [0.15, 0.2) is 0 Å². The average molecular weight is 381 g/mol. The highest BCUT2D eigenvalue weighted by molar-refractivity contribution is 5.85. The molecule has 0 bridgehead atoms. The summed E-state index contributed by atoms with van der Waals surface area (Å²) in [7, 11) is 0. The van der Waals surface area contributed by atoms with Crippen LogP contribution in [0.4, 0.5) is 13.2 Å². The first-order valence-corrected chi connectivity index (χ1v) is 7.44. The first-order chi connectivity index (χ1) is 9.89. The maximum atomic E-state index is 13.2. The number of rotatable bonds is 4. The molecule has 1 saturated heterocycles. The van der Waals surface area contributed by atoms with Gasteiger partial charge in [-0.1, -0.05) is 6.42 Å². The standard InChI is InChI=1S/C13H23F3N4O.2ClH/c14-13(15,16)11(20-6-4-18-5-7-20)8-19-12(21)9-2-1-3-10(9)17;;/h9-11,18H,1-8,17H2,(H,19,21);2*1H. The molecular weight excluding hydrogens is 356 g/mol. The molecule has 0 spiro atoms. The Morgan fingerprint density at radius 2 is 1.87 bits per heavy atom. The van der Waals surface area contributed by atoms with E-state index >= 15 is 0 Å². The van der Waals surface area contributed by atoms with Crippen molar-refractivity contribution in [3.8, 4) is 0 Å². The van der Waals surface area contributed by atoms with Crippen LogP contribution in [0.1, 0.15) is 19.3 Å². The number of halogens is 5. The third-order valence-corrected chi connectivity index (χ3v) is 4.35. The highest BCUT2D eigenvalue weighted by atomic mass is 35.5. The highest BCUT2D eigenvalue weighted by Gasteiger charge is 2.44. The summed E-state index contributed by atoms with van der Waals surface area (Å²) in [5, 5.41) is 5.48. The van der Waals surface area contributed by atoms with E-state index in [2.05, 4.69) is 10.6 Å². The number of carbonyl (C=O) groups excluding carboxylic acids is 1. The van der Waals surface area contributed by atoms with Crippen molar-refractivity contribution in [3.05, 3.63) is 0 Å². The Hall–Kier alpha value is -0.280. The third-order valence-electron chi connectivity index (χ3n) is 4.35. The molecule has 1 amide bonds. The topological polar surface area (TPSA) is 70.4 Å². The van der Waals surface area contributed by atoms with E-state index in [1.54, 1.807) is 0 Å². The lowest BCUT2D eigenvalue weighted by Gasteiger charge is -2.36. The van der Waals surface area contributed by atoms with Crippen LogP contribution < -0.4 is 16.4 Å². The predicted molar refractivity (Wildman–Crippen MR) is 87.1 cm³/mol. The lowest BCUT2D eigenvalue weighted by molar-refractivity contribution is -0.184. The van der Waals surface area contributed by atoms with Gasteiger partial charge in [0.25, 0.3) is 0 Å². The van der Waals surface area contributed by atoms with E-state index in [0.717, 1.165) is 12.8 Å². The largest absolute Gasteiger partial charge is 0.405 e. The van der Waals surface area contributed by atoms with Gasteiger partial charge in [0.2, 0.25) is 5.91 Å². The zero-order valence-electron chi connectivity index (χ0n) is 12.8. The van der Waals surface area contributed by atoms with E-state index in [9.17, 15) is 18.0 Å². The normalized spacial score (nSPS) is 26.8. The summed E-state index contributed by atoms with van der Waals surface area (Å²) in [6.07, 6.45) is -2.06. The predicted octanol–water partition coefficient (Wildman–Crippen LogP) is 0.910. The van der Waals surface area contributed by atoms with Crippen LogP contribution >= 0.6 is 24.8 Å². The number of nitrogens with two attached hydrogens (primary N) is 1. The fourth-order valence-electron chi connectivity index (χ4n) is 3.09. The number of nitrogens with one attached hydrogen (secondary N) is 2. The van der Waals surface area contributed by atoms with Crippen LogP contribution in [-0.2, 0) is 4.79 Å². The number of piperazine rings is 1. The van der Waals surface area contributed by atoms with Crippen LogP contribution in [0.25, 0.3) is 0 Å². The summed E-state index contributed by atoms with van der Waals surface area (Å²) in [5.41, 5.74) is 5.81. The average Bonchev–Trinajstić information content (AvgIpc) is 2.85. The van der Waals surface area contributed by atoms with Crippen LogP contribution in [0.3, 0.4) is 0 Å². The molecule has 2 aliphatic rings. The van der Waals surface area contributed by atoms with Gasteiger partial charge in [-0.25, -0.2) is 0 Å². The Labute approximate surface area is 146 Å². The van der Waals surface area contributed by atoms with Crippen LogP contribution in [0.15, 0.2) is 0 Å². The van der Waals surface area contributed by atoms with Gasteiger partial charge in [-0.3, -0.25) is 9.69 Å². The fraction of sp³-hybridized carbons (Fsp3) is 0.923. The Morgan fingerprint density at radius 3 is 2.35 bits per heavy atom. The van der Waals surface area contributed by atoms with Gasteiger partial charge in [-0.05, 0) is 12.8 Å². The van der Waals surface area contributed by atoms with E-state index in [-0.39, 0.29) is 42.7 Å². The number of hydrogen-bond donors (Lipinski definition) is 3. The Morgan fingerprint density at radius 1 is 1.26 bits per heavy atom. The molecule has 10 heteroatoms. The number of nitrogens with zero attached hydrogens (tertiary/aromatic N) is 1. The monoisotopic (exact) mass is 380 g/mol. The molecule has 0 aromatic heterocycles. The molecule has 3 atom stereocenters. The maximum Gasteiger partial charge on any atom is 0.405 e. The first kappa shape index (κ1) is 22.7. The minimum atomic E-state index is -4.34. The second-order valence-corrected chi connectivity index (χ2v) is 5.79. The maximum absolute atomic E-state index is 13.2. The molecule has 0 aromatic carbocycles. The van der Waals surface area contributed by atoms with E-state index in [4.69, 9.17) is 5.73 Å². The van der Waals surface area contributed by atoms with Gasteiger partial charge >= 0.3 is 6.18 Å². The van der Waals surface area contributed by atoms with Crippen molar-refractivity contribution in [1.82, 2.24) is 15.5 Å². The minimum absolute atomic E-state index is 0. The van der Waals surface area contributed by atoms with E-state index in [0.29, 0.717) is 32.6 Å². The van der Waals surface area contributed by atoms with Gasteiger partial charge in [-0.15, -0.1) is 24.8 Å². The molecule has 1 saturated carbocycles. The van der Waals surface area contributed by atoms with Gasteiger partial charge in [-0.2, -0.15) is 13.2 Å². The highest BCUT2D eigenvalue weighted by Crippen LogP contribution is 2.26. The van der Waals surface area contributed by atoms with E-state index < -0.39 is 18.8 Å². The number of amides is 1. The second-order valence-electron chi connectivity index (χ2n) is 5.79. The summed E-state index contributed by atoms with van der Waals surface area (Å²) in [6, 6.07) is -1.85. The van der Waals surface area contributed by atoms with Crippen LogP contribution in [0.5, 0.6) is 0 Å². The number of alkyl halides is 3. The molecule has 3 unspecified atom stereocenters. The molecule has 1 heterocycles. The summed E-state index contributed by atoms with van der Waals surface area (Å²) >= 11 is 0. The van der Waals surface area contributed by atoms with Crippen LogP contribution in [0, 0.1) is 5.92 Å². The quantitative estimate of drug-likeness (QED) is 0.677. The second kappa shape index (κ2) is 9.88. The summed E-state index contributed by atoms with van der Waals surface area (Å²) < 4.78 is 39.5. The summed E-state index contributed by atoms with van der Waals surface area (Å²) in [4.78, 5) is 13.4. The zero-order chi connectivity index (χ0) is 15.5. The van der Waals surface area contributed by atoms with Crippen molar-refractivity contribution in [1.29, 1.82) is 0 Å². The third kappa shape index (κ3) is 6.26. The van der Waals surface area contributed by atoms with Crippen LogP contribution in [-0.4, -0.2) is 61.8 Å². The molecule has 2 fully saturated rings. The Balaban J connectivity index is 0.00000242. The summed E-state index contributed by atoms with van der Waals surface area (Å²) in [5.74, 6) is -0.689. The van der Waals surface area contributed by atoms with Gasteiger partial charge in [0.05, 0.1) is 5.92 Å². The molecule has 2 rings (SSSR count). The molecule has 0 aromatic rings. The van der Waals surface area contributed by atoms with Crippen molar-refractivity contribution < 1.29 is 18.0 Å². The lowest BCUT2D eigenvalue weighted by atomic mass is 10.0. The first-order valence-electron chi connectivity index (χ1n) is 7.44. The molecule has 23 heavy (non-hydrogen) atoms. The lowest BCUT2D eigenvalue weighted by Crippen LogP contribution is -2.58. The van der Waals surface area contributed by atoms with Crippen molar-refractivity contribution in [3.63, 3.8) is 0 Å². The zero-order valence-corrected chi connectivity index (χ0v) is 14.4. The summed E-state index contributed by atoms with van der Waals surface area (Å²) in [6.45, 7) is 1.35. The van der Waals surface area contributed by atoms with Crippen molar-refractivity contribution in [2.75, 3.05) is 32.7 Å².